The van der Waals surface area contributed by atoms with Gasteiger partial charge < -0.3 is 4.74 Å². The van der Waals surface area contributed by atoms with Crippen molar-refractivity contribution in [3.63, 3.8) is 0 Å². The van der Waals surface area contributed by atoms with Crippen molar-refractivity contribution >= 4 is 34.0 Å². The van der Waals surface area contributed by atoms with Crippen LogP contribution in [-0.4, -0.2) is 24.6 Å². The van der Waals surface area contributed by atoms with E-state index in [1.807, 2.05) is 0 Å². The molecule has 0 saturated carbocycles. The van der Waals surface area contributed by atoms with Crippen molar-refractivity contribution in [2.24, 2.45) is 5.92 Å². The number of aldehydes is 1. The zero-order chi connectivity index (χ0) is 14.4. The van der Waals surface area contributed by atoms with Gasteiger partial charge in [0.05, 0.1) is 6.61 Å². The summed E-state index contributed by atoms with van der Waals surface area (Å²) in [5.74, 6) is -1.70. The van der Waals surface area contributed by atoms with Gasteiger partial charge in [-0.3, -0.25) is 14.4 Å². The molecule has 0 spiro atoms. The normalized spacial score (nSPS) is 11.7. The van der Waals surface area contributed by atoms with Crippen LogP contribution in [0.15, 0.2) is 22.7 Å². The molecule has 0 aromatic heterocycles. The van der Waals surface area contributed by atoms with Gasteiger partial charge in [-0.2, -0.15) is 0 Å². The van der Waals surface area contributed by atoms with Gasteiger partial charge in [-0.05, 0) is 25.5 Å². The van der Waals surface area contributed by atoms with Crippen LogP contribution in [0.25, 0.3) is 0 Å². The Morgan fingerprint density at radius 3 is 2.58 bits per heavy atom. The second-order valence-electron chi connectivity index (χ2n) is 3.93. The summed E-state index contributed by atoms with van der Waals surface area (Å²) >= 11 is 3.26. The standard InChI is InChI=1S/C14H15BrO4/c1-3-10(14(18)19-4-2)13(17)11-7-9(8-16)5-6-12(11)15/h5-8,10H,3-4H2,1-2H3. The zero-order valence-corrected chi connectivity index (χ0v) is 12.4. The minimum Gasteiger partial charge on any atom is -0.465 e. The van der Waals surface area contributed by atoms with Gasteiger partial charge in [0.1, 0.15) is 12.2 Å². The fourth-order valence-electron chi connectivity index (χ4n) is 1.69. The topological polar surface area (TPSA) is 60.4 Å². The molecule has 0 bridgehead atoms. The Bertz CT molecular complexity index is 496. The van der Waals surface area contributed by atoms with Crippen molar-refractivity contribution in [2.45, 2.75) is 20.3 Å². The van der Waals surface area contributed by atoms with Gasteiger partial charge in [-0.1, -0.05) is 28.9 Å². The molecule has 5 heteroatoms. The first-order valence-corrected chi connectivity index (χ1v) is 6.80. The number of carbonyl (C=O) groups excluding carboxylic acids is 3. The zero-order valence-electron chi connectivity index (χ0n) is 10.8. The Balaban J connectivity index is 3.09. The molecule has 19 heavy (non-hydrogen) atoms. The number of benzene rings is 1. The Kier molecular flexibility index (Phi) is 5.89. The first-order valence-electron chi connectivity index (χ1n) is 6.00. The van der Waals surface area contributed by atoms with Crippen molar-refractivity contribution < 1.29 is 19.1 Å². The molecular formula is C14H15BrO4. The average Bonchev–Trinajstić information content (AvgIpc) is 2.40. The maximum absolute atomic E-state index is 12.3. The van der Waals surface area contributed by atoms with Crippen molar-refractivity contribution in [3.8, 4) is 0 Å². The molecule has 0 radical (unpaired) electrons. The smallest absolute Gasteiger partial charge is 0.316 e. The maximum Gasteiger partial charge on any atom is 0.316 e. The van der Waals surface area contributed by atoms with Gasteiger partial charge in [0.15, 0.2) is 5.78 Å². The van der Waals surface area contributed by atoms with Gasteiger partial charge in [-0.15, -0.1) is 0 Å². The van der Waals surface area contributed by atoms with E-state index in [0.29, 0.717) is 28.3 Å². The molecule has 1 atom stereocenters. The highest BCUT2D eigenvalue weighted by Gasteiger charge is 2.28. The molecule has 0 aliphatic rings. The Morgan fingerprint density at radius 2 is 2.05 bits per heavy atom. The number of hydrogen-bond acceptors (Lipinski definition) is 4. The van der Waals surface area contributed by atoms with E-state index in [-0.39, 0.29) is 12.4 Å². The van der Waals surface area contributed by atoms with Crippen LogP contribution in [0.5, 0.6) is 0 Å². The van der Waals surface area contributed by atoms with E-state index >= 15 is 0 Å². The molecule has 0 aliphatic carbocycles. The minimum absolute atomic E-state index is 0.234. The molecule has 0 amide bonds. The number of esters is 1. The van der Waals surface area contributed by atoms with E-state index < -0.39 is 11.9 Å². The Morgan fingerprint density at radius 1 is 1.37 bits per heavy atom. The van der Waals surface area contributed by atoms with Gasteiger partial charge in [0, 0.05) is 15.6 Å². The third-order valence-electron chi connectivity index (χ3n) is 2.69. The lowest BCUT2D eigenvalue weighted by atomic mass is 9.94. The van der Waals surface area contributed by atoms with E-state index in [1.54, 1.807) is 26.0 Å². The number of halogens is 1. The molecular weight excluding hydrogens is 312 g/mol. The lowest BCUT2D eigenvalue weighted by Crippen LogP contribution is -2.26. The molecule has 1 aromatic carbocycles. The summed E-state index contributed by atoms with van der Waals surface area (Å²) in [5, 5.41) is 0. The van der Waals surface area contributed by atoms with Crippen LogP contribution in [0.1, 0.15) is 41.0 Å². The van der Waals surface area contributed by atoms with Crippen LogP contribution in [0.4, 0.5) is 0 Å². The highest BCUT2D eigenvalue weighted by molar-refractivity contribution is 9.10. The fraction of sp³-hybridized carbons (Fsp3) is 0.357. The third kappa shape index (κ3) is 3.73. The molecule has 1 unspecified atom stereocenters. The van der Waals surface area contributed by atoms with Gasteiger partial charge in [-0.25, -0.2) is 0 Å². The molecule has 4 nitrogen and oxygen atoms in total. The van der Waals surface area contributed by atoms with Crippen molar-refractivity contribution in [1.29, 1.82) is 0 Å². The van der Waals surface area contributed by atoms with Crippen LogP contribution in [-0.2, 0) is 9.53 Å². The molecule has 0 N–H and O–H groups in total. The van der Waals surface area contributed by atoms with Crippen LogP contribution in [0.2, 0.25) is 0 Å². The summed E-state index contributed by atoms with van der Waals surface area (Å²) in [4.78, 5) is 34.8. The number of ketones is 1. The molecule has 1 rings (SSSR count). The van der Waals surface area contributed by atoms with E-state index in [0.717, 1.165) is 0 Å². The van der Waals surface area contributed by atoms with Gasteiger partial charge in [0.25, 0.3) is 0 Å². The summed E-state index contributed by atoms with van der Waals surface area (Å²) in [6.07, 6.45) is 1.02. The van der Waals surface area contributed by atoms with E-state index in [2.05, 4.69) is 15.9 Å². The molecule has 0 fully saturated rings. The highest BCUT2D eigenvalue weighted by Crippen LogP contribution is 2.23. The largest absolute Gasteiger partial charge is 0.465 e. The maximum atomic E-state index is 12.3. The predicted molar refractivity (Wildman–Crippen MR) is 74.3 cm³/mol. The monoisotopic (exact) mass is 326 g/mol. The van der Waals surface area contributed by atoms with Crippen molar-refractivity contribution in [3.05, 3.63) is 33.8 Å². The summed E-state index contributed by atoms with van der Waals surface area (Å²) in [5.41, 5.74) is 0.717. The number of hydrogen-bond donors (Lipinski definition) is 0. The first-order chi connectivity index (χ1) is 9.04. The molecule has 0 heterocycles. The molecule has 0 saturated heterocycles. The highest BCUT2D eigenvalue weighted by atomic mass is 79.9. The lowest BCUT2D eigenvalue weighted by Gasteiger charge is -2.13. The van der Waals surface area contributed by atoms with Crippen molar-refractivity contribution in [2.75, 3.05) is 6.61 Å². The number of rotatable bonds is 6. The number of ether oxygens (including phenoxy) is 1. The van der Waals surface area contributed by atoms with Gasteiger partial charge in [0.2, 0.25) is 0 Å². The Labute approximate surface area is 120 Å². The van der Waals surface area contributed by atoms with Crippen LogP contribution < -0.4 is 0 Å². The number of carbonyl (C=O) groups is 3. The van der Waals surface area contributed by atoms with Crippen molar-refractivity contribution in [1.82, 2.24) is 0 Å². The molecule has 1 aromatic rings. The predicted octanol–water partition coefficient (Wildman–Crippen LogP) is 3.03. The fourth-order valence-corrected chi connectivity index (χ4v) is 2.14. The first kappa shape index (κ1) is 15.6. The van der Waals surface area contributed by atoms with E-state index in [1.165, 1.54) is 6.07 Å². The number of Topliss-reactive ketones (excluding diaryl/α,β-unsaturated/α-hetero) is 1. The second kappa shape index (κ2) is 7.19. The summed E-state index contributed by atoms with van der Waals surface area (Å²) in [7, 11) is 0. The Hall–Kier alpha value is -1.49. The molecule has 102 valence electrons. The van der Waals surface area contributed by atoms with E-state index in [4.69, 9.17) is 4.74 Å². The summed E-state index contributed by atoms with van der Waals surface area (Å²) in [6.45, 7) is 3.67. The van der Waals surface area contributed by atoms with Crippen LogP contribution in [0, 0.1) is 5.92 Å². The average molecular weight is 327 g/mol. The quantitative estimate of drug-likeness (QED) is 0.349. The van der Waals surface area contributed by atoms with Crippen LogP contribution in [0.3, 0.4) is 0 Å². The summed E-state index contributed by atoms with van der Waals surface area (Å²) in [6, 6.07) is 4.69. The van der Waals surface area contributed by atoms with Crippen LogP contribution >= 0.6 is 15.9 Å². The second-order valence-corrected chi connectivity index (χ2v) is 4.79. The minimum atomic E-state index is -0.835. The lowest BCUT2D eigenvalue weighted by molar-refractivity contribution is -0.146. The van der Waals surface area contributed by atoms with Gasteiger partial charge >= 0.3 is 5.97 Å². The van der Waals surface area contributed by atoms with E-state index in [9.17, 15) is 14.4 Å². The third-order valence-corrected chi connectivity index (χ3v) is 3.38. The summed E-state index contributed by atoms with van der Waals surface area (Å²) < 4.78 is 5.45. The SMILES string of the molecule is CCOC(=O)C(CC)C(=O)c1cc(C=O)ccc1Br. The molecule has 0 aliphatic heterocycles.